The van der Waals surface area contributed by atoms with Crippen molar-refractivity contribution in [2.75, 3.05) is 5.32 Å². The van der Waals surface area contributed by atoms with Gasteiger partial charge < -0.3 is 11.1 Å². The summed E-state index contributed by atoms with van der Waals surface area (Å²) in [6.45, 7) is 1.89. The Morgan fingerprint density at radius 3 is 2.65 bits per heavy atom. The van der Waals surface area contributed by atoms with Crippen LogP contribution in [0.3, 0.4) is 0 Å². The van der Waals surface area contributed by atoms with Crippen LogP contribution in [-0.4, -0.2) is 10.9 Å². The number of carbonyl (C=O) groups excluding carboxylic acids is 1. The molecule has 1 aromatic carbocycles. The van der Waals surface area contributed by atoms with E-state index in [0.29, 0.717) is 18.7 Å². The molecule has 0 fully saturated rings. The van der Waals surface area contributed by atoms with Crippen molar-refractivity contribution in [1.29, 1.82) is 0 Å². The molecule has 1 heterocycles. The van der Waals surface area contributed by atoms with E-state index in [0.717, 1.165) is 11.3 Å². The van der Waals surface area contributed by atoms with E-state index in [9.17, 15) is 4.79 Å². The molecule has 0 radical (unpaired) electrons. The second-order valence-electron chi connectivity index (χ2n) is 4.77. The first kappa shape index (κ1) is 14.2. The highest BCUT2D eigenvalue weighted by atomic mass is 16.1. The topological polar surface area (TPSA) is 68.0 Å². The number of nitrogens with zero attached hydrogens (tertiary/aromatic N) is 1. The van der Waals surface area contributed by atoms with Gasteiger partial charge in [-0.25, -0.2) is 4.98 Å². The fourth-order valence-electron chi connectivity index (χ4n) is 1.97. The van der Waals surface area contributed by atoms with Gasteiger partial charge in [0.25, 0.3) is 0 Å². The molecule has 1 amide bonds. The van der Waals surface area contributed by atoms with Gasteiger partial charge in [0.05, 0.1) is 0 Å². The van der Waals surface area contributed by atoms with E-state index in [2.05, 4.69) is 10.3 Å². The first-order valence-corrected chi connectivity index (χ1v) is 6.69. The van der Waals surface area contributed by atoms with Crippen LogP contribution in [-0.2, 0) is 4.79 Å². The Hall–Kier alpha value is -2.20. The highest BCUT2D eigenvalue weighted by Crippen LogP contribution is 2.15. The lowest BCUT2D eigenvalue weighted by Gasteiger charge is -2.11. The average molecular weight is 269 g/mol. The van der Waals surface area contributed by atoms with E-state index in [1.54, 1.807) is 6.07 Å². The third-order valence-electron chi connectivity index (χ3n) is 3.07. The Kier molecular flexibility index (Phi) is 4.85. The number of amides is 1. The van der Waals surface area contributed by atoms with Crippen LogP contribution in [0.5, 0.6) is 0 Å². The van der Waals surface area contributed by atoms with Crippen molar-refractivity contribution in [3.05, 3.63) is 59.8 Å². The van der Waals surface area contributed by atoms with E-state index >= 15 is 0 Å². The molecule has 0 saturated carbocycles. The Balaban J connectivity index is 1.83. The zero-order chi connectivity index (χ0) is 14.4. The lowest BCUT2D eigenvalue weighted by molar-refractivity contribution is -0.116. The van der Waals surface area contributed by atoms with Gasteiger partial charge in [-0.1, -0.05) is 36.4 Å². The number of aryl methyl sites for hydroxylation is 1. The highest BCUT2D eigenvalue weighted by molar-refractivity contribution is 5.89. The van der Waals surface area contributed by atoms with E-state index in [1.807, 2.05) is 49.4 Å². The van der Waals surface area contributed by atoms with Crippen molar-refractivity contribution in [3.8, 4) is 0 Å². The number of nitrogens with one attached hydrogen (secondary N) is 1. The molecule has 20 heavy (non-hydrogen) atoms. The molecule has 4 nitrogen and oxygen atoms in total. The number of rotatable bonds is 5. The van der Waals surface area contributed by atoms with Crippen LogP contribution in [0.1, 0.15) is 30.1 Å². The number of pyridine rings is 1. The lowest BCUT2D eigenvalue weighted by Crippen LogP contribution is -2.17. The first-order chi connectivity index (χ1) is 9.65. The molecule has 0 aliphatic carbocycles. The summed E-state index contributed by atoms with van der Waals surface area (Å²) in [5.41, 5.74) is 7.99. The highest BCUT2D eigenvalue weighted by Gasteiger charge is 2.09. The summed E-state index contributed by atoms with van der Waals surface area (Å²) >= 11 is 0. The largest absolute Gasteiger partial charge is 0.324 e. The van der Waals surface area contributed by atoms with Gasteiger partial charge >= 0.3 is 0 Å². The summed E-state index contributed by atoms with van der Waals surface area (Å²) in [7, 11) is 0. The minimum atomic E-state index is -0.118. The summed E-state index contributed by atoms with van der Waals surface area (Å²) in [5.74, 6) is 0.526. The fourth-order valence-corrected chi connectivity index (χ4v) is 1.97. The summed E-state index contributed by atoms with van der Waals surface area (Å²) in [5, 5.41) is 2.78. The summed E-state index contributed by atoms with van der Waals surface area (Å²) in [6, 6.07) is 15.2. The van der Waals surface area contributed by atoms with Crippen LogP contribution >= 0.6 is 0 Å². The molecule has 4 heteroatoms. The maximum atomic E-state index is 11.9. The van der Waals surface area contributed by atoms with Crippen LogP contribution in [0.25, 0.3) is 0 Å². The van der Waals surface area contributed by atoms with Crippen molar-refractivity contribution < 1.29 is 4.79 Å². The van der Waals surface area contributed by atoms with Gasteiger partial charge in [-0.05, 0) is 31.0 Å². The van der Waals surface area contributed by atoms with E-state index in [1.165, 1.54) is 0 Å². The van der Waals surface area contributed by atoms with Gasteiger partial charge in [-0.2, -0.15) is 0 Å². The minimum absolute atomic E-state index is 0.0607. The normalized spacial score (nSPS) is 11.9. The number of carbonyl (C=O) groups is 1. The van der Waals surface area contributed by atoms with Crippen LogP contribution in [0, 0.1) is 6.92 Å². The van der Waals surface area contributed by atoms with Crippen LogP contribution in [0.4, 0.5) is 5.82 Å². The number of benzene rings is 1. The number of hydrogen-bond donors (Lipinski definition) is 2. The molecule has 2 aromatic rings. The number of hydrogen-bond acceptors (Lipinski definition) is 3. The first-order valence-electron chi connectivity index (χ1n) is 6.69. The van der Waals surface area contributed by atoms with Gasteiger partial charge in [-0.3, -0.25) is 4.79 Å². The van der Waals surface area contributed by atoms with Crippen molar-refractivity contribution in [2.45, 2.75) is 25.8 Å². The van der Waals surface area contributed by atoms with Gasteiger partial charge in [0, 0.05) is 18.2 Å². The Morgan fingerprint density at radius 2 is 1.95 bits per heavy atom. The van der Waals surface area contributed by atoms with Gasteiger partial charge in [-0.15, -0.1) is 0 Å². The fraction of sp³-hybridized carbons (Fsp3) is 0.250. The zero-order valence-electron chi connectivity index (χ0n) is 11.5. The maximum absolute atomic E-state index is 11.9. The monoisotopic (exact) mass is 269 g/mol. The summed E-state index contributed by atoms with van der Waals surface area (Å²) < 4.78 is 0. The molecule has 0 bridgehead atoms. The molecule has 1 atom stereocenters. The molecule has 1 unspecified atom stereocenters. The predicted octanol–water partition coefficient (Wildman–Crippen LogP) is 2.81. The second-order valence-corrected chi connectivity index (χ2v) is 4.77. The van der Waals surface area contributed by atoms with Crippen molar-refractivity contribution in [1.82, 2.24) is 4.98 Å². The Labute approximate surface area is 119 Å². The third-order valence-corrected chi connectivity index (χ3v) is 3.07. The molecule has 0 aliphatic rings. The Morgan fingerprint density at radius 1 is 1.20 bits per heavy atom. The summed E-state index contributed by atoms with van der Waals surface area (Å²) in [6.07, 6.45) is 0.993. The van der Waals surface area contributed by atoms with Gasteiger partial charge in [0.2, 0.25) is 5.91 Å². The number of aromatic nitrogens is 1. The van der Waals surface area contributed by atoms with E-state index in [4.69, 9.17) is 5.73 Å². The maximum Gasteiger partial charge on any atom is 0.225 e. The molecule has 2 rings (SSSR count). The van der Waals surface area contributed by atoms with E-state index in [-0.39, 0.29) is 11.9 Å². The molecule has 104 valence electrons. The average Bonchev–Trinajstić information content (AvgIpc) is 2.46. The quantitative estimate of drug-likeness (QED) is 0.877. The van der Waals surface area contributed by atoms with Crippen molar-refractivity contribution >= 4 is 11.7 Å². The lowest BCUT2D eigenvalue weighted by atomic mass is 10.0. The van der Waals surface area contributed by atoms with Gasteiger partial charge in [0.1, 0.15) is 5.82 Å². The predicted molar refractivity (Wildman–Crippen MR) is 80.2 cm³/mol. The van der Waals surface area contributed by atoms with Crippen LogP contribution < -0.4 is 11.1 Å². The molecule has 3 N–H and O–H groups in total. The van der Waals surface area contributed by atoms with Crippen molar-refractivity contribution in [2.24, 2.45) is 5.73 Å². The molecule has 0 aliphatic heterocycles. The van der Waals surface area contributed by atoms with Crippen LogP contribution in [0.2, 0.25) is 0 Å². The Bertz CT molecular complexity index is 569. The molecular weight excluding hydrogens is 250 g/mol. The number of anilines is 1. The molecule has 0 spiro atoms. The van der Waals surface area contributed by atoms with Crippen molar-refractivity contribution in [3.63, 3.8) is 0 Å². The van der Waals surface area contributed by atoms with Crippen LogP contribution in [0.15, 0.2) is 48.5 Å². The van der Waals surface area contributed by atoms with E-state index < -0.39 is 0 Å². The minimum Gasteiger partial charge on any atom is -0.324 e. The molecular formula is C16H19N3O. The summed E-state index contributed by atoms with van der Waals surface area (Å²) in [4.78, 5) is 16.1. The smallest absolute Gasteiger partial charge is 0.225 e. The standard InChI is InChI=1S/C16H19N3O/c1-12-6-5-9-15(18-12)19-16(20)11-10-14(17)13-7-3-2-4-8-13/h2-9,14H,10-11,17H2,1H3,(H,18,19,20). The third kappa shape index (κ3) is 4.17. The zero-order valence-corrected chi connectivity index (χ0v) is 11.5. The molecule has 1 aromatic heterocycles. The molecule has 0 saturated heterocycles. The van der Waals surface area contributed by atoms with Gasteiger partial charge in [0.15, 0.2) is 0 Å². The second kappa shape index (κ2) is 6.82. The number of nitrogens with two attached hydrogens (primary N) is 1. The SMILES string of the molecule is Cc1cccc(NC(=O)CCC(N)c2ccccc2)n1.